The summed E-state index contributed by atoms with van der Waals surface area (Å²) in [5, 5.41) is 2.91. The maximum Gasteiger partial charge on any atom is 0.408 e. The molecule has 1 saturated heterocycles. The van der Waals surface area contributed by atoms with E-state index in [-0.39, 0.29) is 17.2 Å². The Kier molecular flexibility index (Phi) is 4.04. The molecule has 0 saturated carbocycles. The van der Waals surface area contributed by atoms with Crippen LogP contribution in [0.3, 0.4) is 0 Å². The van der Waals surface area contributed by atoms with Gasteiger partial charge in [0.2, 0.25) is 0 Å². The summed E-state index contributed by atoms with van der Waals surface area (Å²) in [5.41, 5.74) is 0. The lowest BCUT2D eigenvalue weighted by atomic mass is 10.2. The highest BCUT2D eigenvalue weighted by Crippen LogP contribution is 2.36. The molecule has 1 aliphatic rings. The Balaban J connectivity index is 2.56. The predicted octanol–water partition coefficient (Wildman–Crippen LogP) is 2.67. The van der Waals surface area contributed by atoms with Crippen LogP contribution in [-0.4, -0.2) is 33.2 Å². The molecule has 1 amide bonds. The van der Waals surface area contributed by atoms with Crippen LogP contribution in [0.2, 0.25) is 18.1 Å². The molecule has 1 fully saturated rings. The molecule has 0 aliphatic carbocycles. The van der Waals surface area contributed by atoms with Crippen molar-refractivity contribution in [2.24, 2.45) is 0 Å². The van der Waals surface area contributed by atoms with Crippen LogP contribution in [0.15, 0.2) is 12.7 Å². The van der Waals surface area contributed by atoms with Crippen molar-refractivity contribution in [3.8, 4) is 0 Å². The molecular formula is C12H23NO3Si. The topological polar surface area (TPSA) is 47.6 Å². The molecule has 1 rings (SSSR count). The molecule has 98 valence electrons. The zero-order valence-corrected chi connectivity index (χ0v) is 12.4. The van der Waals surface area contributed by atoms with Crippen molar-refractivity contribution in [1.82, 2.24) is 5.32 Å². The minimum atomic E-state index is -1.78. The Morgan fingerprint density at radius 1 is 1.53 bits per heavy atom. The summed E-state index contributed by atoms with van der Waals surface area (Å²) in [6, 6.07) is -0.117. The van der Waals surface area contributed by atoms with Gasteiger partial charge in [-0.25, -0.2) is 4.79 Å². The largest absolute Gasteiger partial charge is 0.440 e. The fourth-order valence-electron chi connectivity index (χ4n) is 1.34. The standard InChI is InChI=1S/C12H23NO3Si/c1-7-10-9(13-11(14)16-10)8-15-17(5,6)12(2,3)4/h7,9-10H,1,8H2,2-6H3,(H,13,14)/t9-,10+/m1/s1. The van der Waals surface area contributed by atoms with E-state index in [2.05, 4.69) is 45.8 Å². The molecule has 2 atom stereocenters. The number of alkyl carbamates (subject to hydrolysis) is 1. The van der Waals surface area contributed by atoms with Crippen LogP contribution < -0.4 is 5.32 Å². The number of rotatable bonds is 4. The summed E-state index contributed by atoms with van der Waals surface area (Å²) in [5.74, 6) is 0. The highest BCUT2D eigenvalue weighted by atomic mass is 28.4. The number of cyclic esters (lactones) is 1. The molecule has 0 aromatic carbocycles. The van der Waals surface area contributed by atoms with E-state index in [4.69, 9.17) is 9.16 Å². The normalized spacial score (nSPS) is 25.4. The summed E-state index contributed by atoms with van der Waals surface area (Å²) < 4.78 is 11.1. The molecule has 1 N–H and O–H groups in total. The number of ether oxygens (including phenoxy) is 1. The Labute approximate surface area is 105 Å². The van der Waals surface area contributed by atoms with Gasteiger partial charge in [-0.1, -0.05) is 27.4 Å². The molecule has 0 bridgehead atoms. The molecule has 5 heteroatoms. The first-order valence-electron chi connectivity index (χ1n) is 5.91. The van der Waals surface area contributed by atoms with Crippen LogP contribution in [0.25, 0.3) is 0 Å². The third-order valence-corrected chi connectivity index (χ3v) is 8.11. The van der Waals surface area contributed by atoms with Crippen molar-refractivity contribution < 1.29 is 14.0 Å². The van der Waals surface area contributed by atoms with E-state index in [0.29, 0.717) is 6.61 Å². The van der Waals surface area contributed by atoms with E-state index in [1.807, 2.05) is 0 Å². The van der Waals surface area contributed by atoms with Crippen LogP contribution in [0.5, 0.6) is 0 Å². The number of hydrogen-bond donors (Lipinski definition) is 1. The van der Waals surface area contributed by atoms with Crippen LogP contribution in [0.1, 0.15) is 20.8 Å². The van der Waals surface area contributed by atoms with E-state index >= 15 is 0 Å². The summed E-state index contributed by atoms with van der Waals surface area (Å²) in [6.45, 7) is 15.1. The Morgan fingerprint density at radius 2 is 2.12 bits per heavy atom. The van der Waals surface area contributed by atoms with Crippen LogP contribution in [0, 0.1) is 0 Å². The lowest BCUT2D eigenvalue weighted by molar-refractivity contribution is 0.144. The van der Waals surface area contributed by atoms with Gasteiger partial charge in [0.1, 0.15) is 6.10 Å². The van der Waals surface area contributed by atoms with E-state index in [1.54, 1.807) is 6.08 Å². The predicted molar refractivity (Wildman–Crippen MR) is 70.5 cm³/mol. The summed E-state index contributed by atoms with van der Waals surface area (Å²) >= 11 is 0. The Bertz CT molecular complexity index is 309. The quantitative estimate of drug-likeness (QED) is 0.622. The van der Waals surface area contributed by atoms with Crippen LogP contribution in [0.4, 0.5) is 4.79 Å². The molecular weight excluding hydrogens is 234 g/mol. The summed E-state index contributed by atoms with van der Waals surface area (Å²) in [4.78, 5) is 11.1. The third-order valence-electron chi connectivity index (χ3n) is 3.61. The number of hydrogen-bond acceptors (Lipinski definition) is 3. The van der Waals surface area contributed by atoms with Gasteiger partial charge >= 0.3 is 6.09 Å². The van der Waals surface area contributed by atoms with Gasteiger partial charge in [0.05, 0.1) is 12.6 Å². The van der Waals surface area contributed by atoms with Crippen LogP contribution in [-0.2, 0) is 9.16 Å². The average Bonchev–Trinajstić information content (AvgIpc) is 2.54. The lowest BCUT2D eigenvalue weighted by Crippen LogP contribution is -2.45. The number of carbonyl (C=O) groups excluding carboxylic acids is 1. The second kappa shape index (κ2) is 4.82. The maximum atomic E-state index is 11.1. The van der Waals surface area contributed by atoms with Gasteiger partial charge in [0.15, 0.2) is 8.32 Å². The van der Waals surface area contributed by atoms with E-state index in [0.717, 1.165) is 0 Å². The smallest absolute Gasteiger partial charge is 0.408 e. The van der Waals surface area contributed by atoms with Crippen molar-refractivity contribution in [3.63, 3.8) is 0 Å². The number of amides is 1. The number of nitrogens with one attached hydrogen (secondary N) is 1. The van der Waals surface area contributed by atoms with Gasteiger partial charge < -0.3 is 14.5 Å². The molecule has 0 aromatic rings. The molecule has 4 nitrogen and oxygen atoms in total. The Morgan fingerprint density at radius 3 is 2.59 bits per heavy atom. The monoisotopic (exact) mass is 257 g/mol. The van der Waals surface area contributed by atoms with E-state index in [9.17, 15) is 4.79 Å². The highest BCUT2D eigenvalue weighted by Gasteiger charge is 2.40. The van der Waals surface area contributed by atoms with Crippen molar-refractivity contribution in [2.45, 2.75) is 51.0 Å². The zero-order valence-electron chi connectivity index (χ0n) is 11.4. The van der Waals surface area contributed by atoms with Crippen molar-refractivity contribution in [1.29, 1.82) is 0 Å². The third kappa shape index (κ3) is 3.32. The minimum Gasteiger partial charge on any atom is -0.440 e. The van der Waals surface area contributed by atoms with Gasteiger partial charge in [0.25, 0.3) is 0 Å². The van der Waals surface area contributed by atoms with Gasteiger partial charge in [-0.05, 0) is 24.2 Å². The van der Waals surface area contributed by atoms with Crippen molar-refractivity contribution in [2.75, 3.05) is 6.61 Å². The number of carbonyl (C=O) groups is 1. The lowest BCUT2D eigenvalue weighted by Gasteiger charge is -2.37. The fraction of sp³-hybridized carbons (Fsp3) is 0.750. The zero-order chi connectivity index (χ0) is 13.3. The minimum absolute atomic E-state index is 0.117. The summed E-state index contributed by atoms with van der Waals surface area (Å²) in [6.07, 6.45) is 0.961. The molecule has 1 heterocycles. The van der Waals surface area contributed by atoms with E-state index in [1.165, 1.54) is 0 Å². The van der Waals surface area contributed by atoms with Crippen molar-refractivity contribution >= 4 is 14.4 Å². The first kappa shape index (κ1) is 14.2. The van der Waals surface area contributed by atoms with E-state index < -0.39 is 14.4 Å². The van der Waals surface area contributed by atoms with Gasteiger partial charge in [-0.3, -0.25) is 0 Å². The molecule has 1 aliphatic heterocycles. The fourth-order valence-corrected chi connectivity index (χ4v) is 2.37. The molecule has 0 unspecified atom stereocenters. The van der Waals surface area contributed by atoms with Gasteiger partial charge in [0, 0.05) is 0 Å². The van der Waals surface area contributed by atoms with Crippen LogP contribution >= 0.6 is 0 Å². The first-order valence-corrected chi connectivity index (χ1v) is 8.82. The Hall–Kier alpha value is -0.813. The average molecular weight is 257 g/mol. The second-order valence-corrected chi connectivity index (χ2v) is 10.7. The second-order valence-electron chi connectivity index (χ2n) is 5.93. The molecule has 0 aromatic heterocycles. The van der Waals surface area contributed by atoms with Gasteiger partial charge in [-0.2, -0.15) is 0 Å². The molecule has 0 spiro atoms. The highest BCUT2D eigenvalue weighted by molar-refractivity contribution is 6.74. The summed E-state index contributed by atoms with van der Waals surface area (Å²) in [7, 11) is -1.78. The maximum absolute atomic E-state index is 11.1. The van der Waals surface area contributed by atoms with Crippen molar-refractivity contribution in [3.05, 3.63) is 12.7 Å². The molecule has 0 radical (unpaired) electrons. The SMILES string of the molecule is C=C[C@@H]1OC(=O)N[C@@H]1CO[Si](C)(C)C(C)(C)C. The van der Waals surface area contributed by atoms with Gasteiger partial charge in [-0.15, -0.1) is 0 Å². The first-order chi connectivity index (χ1) is 7.67. The molecule has 17 heavy (non-hydrogen) atoms.